The maximum atomic E-state index is 12.1. The molecule has 0 N–H and O–H groups in total. The third kappa shape index (κ3) is 4.88. The Morgan fingerprint density at radius 1 is 1.48 bits per heavy atom. The molecule has 1 aromatic heterocycles. The van der Waals surface area contributed by atoms with Gasteiger partial charge in [0.05, 0.1) is 11.9 Å². The van der Waals surface area contributed by atoms with Crippen molar-refractivity contribution < 1.29 is 9.53 Å². The molecule has 1 aromatic rings. The van der Waals surface area contributed by atoms with Crippen molar-refractivity contribution in [3.63, 3.8) is 0 Å². The third-order valence-corrected chi connectivity index (χ3v) is 2.93. The summed E-state index contributed by atoms with van der Waals surface area (Å²) in [5.41, 5.74) is -0.153. The van der Waals surface area contributed by atoms with Crippen LogP contribution in [0.15, 0.2) is 17.1 Å². The van der Waals surface area contributed by atoms with Crippen LogP contribution in [0.25, 0.3) is 0 Å². The second kappa shape index (κ2) is 6.74. The molecule has 0 aliphatic heterocycles. The van der Waals surface area contributed by atoms with Crippen LogP contribution in [0.4, 0.5) is 5.69 Å². The van der Waals surface area contributed by atoms with Crippen LogP contribution in [-0.2, 0) is 9.53 Å². The van der Waals surface area contributed by atoms with Crippen LogP contribution in [0.3, 0.4) is 0 Å². The van der Waals surface area contributed by atoms with E-state index in [4.69, 9.17) is 4.74 Å². The van der Waals surface area contributed by atoms with E-state index in [9.17, 15) is 9.59 Å². The van der Waals surface area contributed by atoms with Gasteiger partial charge in [0, 0.05) is 19.7 Å². The van der Waals surface area contributed by atoms with E-state index in [1.165, 1.54) is 6.07 Å². The van der Waals surface area contributed by atoms with Crippen molar-refractivity contribution in [1.82, 2.24) is 9.78 Å². The summed E-state index contributed by atoms with van der Waals surface area (Å²) in [4.78, 5) is 26.1. The number of aromatic nitrogens is 2. The number of esters is 1. The molecule has 1 unspecified atom stereocenters. The average molecular weight is 295 g/mol. The Hall–Kier alpha value is -1.85. The highest BCUT2D eigenvalue weighted by Crippen LogP contribution is 2.14. The van der Waals surface area contributed by atoms with E-state index in [1.54, 1.807) is 33.9 Å². The van der Waals surface area contributed by atoms with E-state index >= 15 is 0 Å². The molecule has 6 heteroatoms. The van der Waals surface area contributed by atoms with Crippen molar-refractivity contribution in [3.8, 4) is 0 Å². The summed E-state index contributed by atoms with van der Waals surface area (Å²) >= 11 is 0. The number of anilines is 1. The number of ether oxygens (including phenoxy) is 1. The molecule has 118 valence electrons. The zero-order valence-corrected chi connectivity index (χ0v) is 13.7. The zero-order chi connectivity index (χ0) is 16.2. The second-order valence-corrected chi connectivity index (χ2v) is 6.13. The Morgan fingerprint density at radius 2 is 2.10 bits per heavy atom. The fourth-order valence-corrected chi connectivity index (χ4v) is 1.86. The van der Waals surface area contributed by atoms with Crippen molar-refractivity contribution >= 4 is 11.7 Å². The summed E-state index contributed by atoms with van der Waals surface area (Å²) in [5.74, 6) is -0.466. The average Bonchev–Trinajstić information content (AvgIpc) is 2.36. The molecule has 0 radical (unpaired) electrons. The lowest BCUT2D eigenvalue weighted by atomic mass is 10.2. The van der Waals surface area contributed by atoms with Crippen LogP contribution in [0.1, 0.15) is 47.1 Å². The number of carbonyl (C=O) groups excluding carboxylic acids is 1. The molecule has 6 nitrogen and oxygen atoms in total. The molecule has 0 spiro atoms. The van der Waals surface area contributed by atoms with E-state index in [-0.39, 0.29) is 5.56 Å². The molecule has 0 fully saturated rings. The van der Waals surface area contributed by atoms with Gasteiger partial charge in [-0.2, -0.15) is 5.10 Å². The molecule has 1 rings (SSSR count). The van der Waals surface area contributed by atoms with Crippen LogP contribution in [-0.4, -0.2) is 34.9 Å². The standard InChI is InChI=1S/C15H25N3O3/c1-7-8-17(6)12-9-13(19)18(16-10-12)11(2)14(20)21-15(3,4)5/h9-11H,7-8H2,1-6H3. The second-order valence-electron chi connectivity index (χ2n) is 6.13. The molecule has 0 aromatic carbocycles. The molecule has 0 saturated carbocycles. The topological polar surface area (TPSA) is 64.4 Å². The van der Waals surface area contributed by atoms with Crippen LogP contribution in [0.5, 0.6) is 0 Å². The molecule has 0 aliphatic carbocycles. The van der Waals surface area contributed by atoms with Gasteiger partial charge in [0.15, 0.2) is 6.04 Å². The predicted molar refractivity (Wildman–Crippen MR) is 82.6 cm³/mol. The van der Waals surface area contributed by atoms with Gasteiger partial charge in [-0.15, -0.1) is 0 Å². The smallest absolute Gasteiger partial charge is 0.331 e. The van der Waals surface area contributed by atoms with E-state index in [0.717, 1.165) is 23.3 Å². The molecule has 1 heterocycles. The van der Waals surface area contributed by atoms with Gasteiger partial charge >= 0.3 is 5.97 Å². The summed E-state index contributed by atoms with van der Waals surface area (Å²) in [6, 6.07) is 0.742. The summed E-state index contributed by atoms with van der Waals surface area (Å²) in [7, 11) is 1.90. The molecule has 1 atom stereocenters. The highest BCUT2D eigenvalue weighted by molar-refractivity contribution is 5.74. The molecule has 0 amide bonds. The number of nitrogens with zero attached hydrogens (tertiary/aromatic N) is 3. The minimum Gasteiger partial charge on any atom is -0.458 e. The van der Waals surface area contributed by atoms with E-state index in [1.807, 2.05) is 11.9 Å². The third-order valence-electron chi connectivity index (χ3n) is 2.93. The van der Waals surface area contributed by atoms with Crippen molar-refractivity contribution in [2.45, 2.75) is 52.7 Å². The van der Waals surface area contributed by atoms with Gasteiger partial charge in [-0.1, -0.05) is 6.92 Å². The van der Waals surface area contributed by atoms with Gasteiger partial charge < -0.3 is 9.64 Å². The van der Waals surface area contributed by atoms with Crippen LogP contribution < -0.4 is 10.5 Å². The first-order valence-corrected chi connectivity index (χ1v) is 7.18. The minimum absolute atomic E-state index is 0.311. The quantitative estimate of drug-likeness (QED) is 0.777. The molecule has 0 bridgehead atoms. The first kappa shape index (κ1) is 17.2. The number of rotatable bonds is 5. The van der Waals surface area contributed by atoms with Gasteiger partial charge in [-0.25, -0.2) is 9.48 Å². The maximum absolute atomic E-state index is 12.1. The van der Waals surface area contributed by atoms with Gasteiger partial charge in [0.2, 0.25) is 0 Å². The molecular formula is C15H25N3O3. The zero-order valence-electron chi connectivity index (χ0n) is 13.7. The Balaban J connectivity index is 2.94. The maximum Gasteiger partial charge on any atom is 0.331 e. The molecule has 0 saturated heterocycles. The van der Waals surface area contributed by atoms with Crippen LogP contribution in [0.2, 0.25) is 0 Å². The monoisotopic (exact) mass is 295 g/mol. The Labute approximate surface area is 125 Å². The first-order valence-electron chi connectivity index (χ1n) is 7.18. The number of hydrogen-bond acceptors (Lipinski definition) is 5. The van der Waals surface area contributed by atoms with Crippen molar-refractivity contribution in [2.24, 2.45) is 0 Å². The largest absolute Gasteiger partial charge is 0.458 e. The first-order chi connectivity index (χ1) is 9.65. The molecular weight excluding hydrogens is 270 g/mol. The van der Waals surface area contributed by atoms with Gasteiger partial charge in [-0.05, 0) is 34.1 Å². The summed E-state index contributed by atoms with van der Waals surface area (Å²) < 4.78 is 6.43. The molecule has 21 heavy (non-hydrogen) atoms. The van der Waals surface area contributed by atoms with Gasteiger partial charge in [0.25, 0.3) is 5.56 Å². The highest BCUT2D eigenvalue weighted by Gasteiger charge is 2.24. The van der Waals surface area contributed by atoms with Crippen molar-refractivity contribution in [1.29, 1.82) is 0 Å². The van der Waals surface area contributed by atoms with Gasteiger partial charge in [-0.3, -0.25) is 4.79 Å². The lowest BCUT2D eigenvalue weighted by Gasteiger charge is -2.23. The van der Waals surface area contributed by atoms with Crippen LogP contribution >= 0.6 is 0 Å². The Bertz CT molecular complexity index is 546. The summed E-state index contributed by atoms with van der Waals surface area (Å²) in [6.07, 6.45) is 2.58. The van der Waals surface area contributed by atoms with E-state index in [2.05, 4.69) is 12.0 Å². The number of hydrogen-bond donors (Lipinski definition) is 0. The van der Waals surface area contributed by atoms with E-state index in [0.29, 0.717) is 0 Å². The fourth-order valence-electron chi connectivity index (χ4n) is 1.86. The Kier molecular flexibility index (Phi) is 5.52. The van der Waals surface area contributed by atoms with Crippen molar-refractivity contribution in [2.75, 3.05) is 18.5 Å². The normalized spacial score (nSPS) is 12.9. The lowest BCUT2D eigenvalue weighted by molar-refractivity contribution is -0.158. The fraction of sp³-hybridized carbons (Fsp3) is 0.667. The minimum atomic E-state index is -0.748. The van der Waals surface area contributed by atoms with Crippen molar-refractivity contribution in [3.05, 3.63) is 22.6 Å². The lowest BCUT2D eigenvalue weighted by Crippen LogP contribution is -2.35. The van der Waals surface area contributed by atoms with Crippen LogP contribution in [0, 0.1) is 0 Å². The highest BCUT2D eigenvalue weighted by atomic mass is 16.6. The SMILES string of the molecule is CCCN(C)c1cnn(C(C)C(=O)OC(C)(C)C)c(=O)c1. The predicted octanol–water partition coefficient (Wildman–Crippen LogP) is 1.99. The summed E-state index contributed by atoms with van der Waals surface area (Å²) in [6.45, 7) is 9.88. The Morgan fingerprint density at radius 3 is 2.57 bits per heavy atom. The summed E-state index contributed by atoms with van der Waals surface area (Å²) in [5, 5.41) is 4.09. The molecule has 0 aliphatic rings. The van der Waals surface area contributed by atoms with Gasteiger partial charge in [0.1, 0.15) is 5.60 Å². The van der Waals surface area contributed by atoms with E-state index < -0.39 is 17.6 Å². The number of carbonyl (C=O) groups is 1.